The second-order valence-corrected chi connectivity index (χ2v) is 5.88. The molecule has 0 spiro atoms. The lowest BCUT2D eigenvalue weighted by Gasteiger charge is -2.23. The van der Waals surface area contributed by atoms with E-state index in [1.807, 2.05) is 24.1 Å². The molecule has 0 saturated carbocycles. The molecule has 1 unspecified atom stereocenters. The Morgan fingerprint density at radius 3 is 3.14 bits per heavy atom. The molecule has 1 aromatic carbocycles. The third kappa shape index (κ3) is 3.00. The van der Waals surface area contributed by atoms with Gasteiger partial charge in [-0.05, 0) is 32.0 Å². The number of carbonyl (C=O) groups excluding carboxylic acids is 1. The van der Waals surface area contributed by atoms with Gasteiger partial charge in [-0.1, -0.05) is 28.9 Å². The summed E-state index contributed by atoms with van der Waals surface area (Å²) in [6, 6.07) is 9.20. The number of likely N-dealkylation sites (N-methyl/N-ethyl adjacent to an activating group) is 1. The van der Waals surface area contributed by atoms with Gasteiger partial charge in [-0.2, -0.15) is 0 Å². The number of hydrogen-bond donors (Lipinski definition) is 1. The van der Waals surface area contributed by atoms with Gasteiger partial charge in [-0.3, -0.25) is 4.79 Å². The monoisotopic (exact) mass is 319 g/mol. The number of benzene rings is 1. The van der Waals surface area contributed by atoms with Crippen LogP contribution in [0.4, 0.5) is 0 Å². The van der Waals surface area contributed by atoms with Crippen LogP contribution in [0.3, 0.4) is 0 Å². The zero-order valence-electron chi connectivity index (χ0n) is 12.4. The molecule has 0 bridgehead atoms. The summed E-state index contributed by atoms with van der Waals surface area (Å²) in [5.74, 6) is 0.477. The van der Waals surface area contributed by atoms with E-state index in [0.29, 0.717) is 16.5 Å². The van der Waals surface area contributed by atoms with Gasteiger partial charge < -0.3 is 14.7 Å². The molecule has 0 radical (unpaired) electrons. The molecule has 22 heavy (non-hydrogen) atoms. The summed E-state index contributed by atoms with van der Waals surface area (Å²) in [4.78, 5) is 14.5. The normalized spacial score (nSPS) is 17.9. The van der Waals surface area contributed by atoms with Crippen LogP contribution in [0.15, 0.2) is 34.9 Å². The maximum absolute atomic E-state index is 12.6. The third-order valence-corrected chi connectivity index (χ3v) is 4.15. The number of amides is 1. The summed E-state index contributed by atoms with van der Waals surface area (Å²) in [6.07, 6.45) is 2.04. The van der Waals surface area contributed by atoms with Crippen molar-refractivity contribution in [2.45, 2.75) is 18.9 Å². The molecule has 1 N–H and O–H groups in total. The van der Waals surface area contributed by atoms with Crippen molar-refractivity contribution < 1.29 is 9.32 Å². The number of likely N-dealkylation sites (tertiary alicyclic amines) is 1. The van der Waals surface area contributed by atoms with Crippen molar-refractivity contribution in [3.8, 4) is 11.3 Å². The van der Waals surface area contributed by atoms with Gasteiger partial charge in [0.05, 0.1) is 0 Å². The van der Waals surface area contributed by atoms with Crippen LogP contribution < -0.4 is 5.32 Å². The van der Waals surface area contributed by atoms with Crippen LogP contribution in [0.1, 0.15) is 23.3 Å². The summed E-state index contributed by atoms with van der Waals surface area (Å²) >= 11 is 5.98. The van der Waals surface area contributed by atoms with Crippen molar-refractivity contribution in [1.82, 2.24) is 15.4 Å². The molecule has 1 saturated heterocycles. The van der Waals surface area contributed by atoms with E-state index in [9.17, 15) is 4.79 Å². The Bertz CT molecular complexity index is 671. The van der Waals surface area contributed by atoms with Crippen molar-refractivity contribution >= 4 is 17.5 Å². The highest BCUT2D eigenvalue weighted by atomic mass is 35.5. The molecule has 6 heteroatoms. The second kappa shape index (κ2) is 6.50. The van der Waals surface area contributed by atoms with Gasteiger partial charge in [0.25, 0.3) is 5.91 Å². The molecule has 2 heterocycles. The highest BCUT2D eigenvalue weighted by molar-refractivity contribution is 6.30. The number of nitrogens with one attached hydrogen (secondary N) is 1. The van der Waals surface area contributed by atoms with E-state index in [1.54, 1.807) is 18.2 Å². The quantitative estimate of drug-likeness (QED) is 0.941. The topological polar surface area (TPSA) is 58.4 Å². The molecule has 1 atom stereocenters. The molecule has 116 valence electrons. The van der Waals surface area contributed by atoms with Crippen LogP contribution in [0, 0.1) is 0 Å². The fourth-order valence-electron chi connectivity index (χ4n) is 2.85. The van der Waals surface area contributed by atoms with Crippen molar-refractivity contribution in [3.63, 3.8) is 0 Å². The average Bonchev–Trinajstić information content (AvgIpc) is 3.16. The lowest BCUT2D eigenvalue weighted by Crippen LogP contribution is -2.40. The van der Waals surface area contributed by atoms with Crippen molar-refractivity contribution in [3.05, 3.63) is 41.0 Å². The van der Waals surface area contributed by atoms with Gasteiger partial charge >= 0.3 is 0 Å². The van der Waals surface area contributed by atoms with Crippen LogP contribution in [-0.2, 0) is 0 Å². The first kappa shape index (κ1) is 15.1. The van der Waals surface area contributed by atoms with Gasteiger partial charge in [0, 0.05) is 35.8 Å². The van der Waals surface area contributed by atoms with Gasteiger partial charge in [-0.15, -0.1) is 0 Å². The van der Waals surface area contributed by atoms with Gasteiger partial charge in [0.1, 0.15) is 0 Å². The molecular formula is C16H18ClN3O2. The molecule has 1 amide bonds. The van der Waals surface area contributed by atoms with Crippen LogP contribution in [-0.4, -0.2) is 42.1 Å². The van der Waals surface area contributed by atoms with Crippen molar-refractivity contribution in [2.24, 2.45) is 0 Å². The highest BCUT2D eigenvalue weighted by Crippen LogP contribution is 2.25. The van der Waals surface area contributed by atoms with Gasteiger partial charge in [0.15, 0.2) is 11.5 Å². The maximum atomic E-state index is 12.6. The first-order valence-corrected chi connectivity index (χ1v) is 7.75. The minimum Gasteiger partial charge on any atom is -0.355 e. The Morgan fingerprint density at radius 1 is 1.50 bits per heavy atom. The third-order valence-electron chi connectivity index (χ3n) is 3.92. The summed E-state index contributed by atoms with van der Waals surface area (Å²) < 4.78 is 5.31. The van der Waals surface area contributed by atoms with Crippen LogP contribution >= 0.6 is 11.6 Å². The standard InChI is InChI=1S/C16H18ClN3O2/c1-18-10-13-6-3-7-20(13)16(21)14-9-15(22-19-14)11-4-2-5-12(17)8-11/h2,4-5,8-9,13,18H,3,6-7,10H2,1H3. The summed E-state index contributed by atoms with van der Waals surface area (Å²) in [5, 5.41) is 7.68. The van der Waals surface area contributed by atoms with Gasteiger partial charge in [0.2, 0.25) is 0 Å². The molecule has 1 fully saturated rings. The number of halogens is 1. The second-order valence-electron chi connectivity index (χ2n) is 5.44. The largest absolute Gasteiger partial charge is 0.355 e. The van der Waals surface area contributed by atoms with Crippen LogP contribution in [0.5, 0.6) is 0 Å². The molecule has 1 aliphatic rings. The SMILES string of the molecule is CNCC1CCCN1C(=O)c1cc(-c2cccc(Cl)c2)on1. The molecule has 2 aromatic rings. The highest BCUT2D eigenvalue weighted by Gasteiger charge is 2.30. The van der Waals surface area contributed by atoms with Crippen LogP contribution in [0.25, 0.3) is 11.3 Å². The Labute approximate surface area is 134 Å². The average molecular weight is 320 g/mol. The predicted octanol–water partition coefficient (Wildman–Crippen LogP) is 2.82. The minimum atomic E-state index is -0.0743. The summed E-state index contributed by atoms with van der Waals surface area (Å²) in [5.41, 5.74) is 1.16. The number of carbonyl (C=O) groups is 1. The number of hydrogen-bond acceptors (Lipinski definition) is 4. The van der Waals surface area contributed by atoms with E-state index in [4.69, 9.17) is 16.1 Å². The number of nitrogens with zero attached hydrogens (tertiary/aromatic N) is 2. The Morgan fingerprint density at radius 2 is 2.36 bits per heavy atom. The summed E-state index contributed by atoms with van der Waals surface area (Å²) in [7, 11) is 1.90. The molecule has 5 nitrogen and oxygen atoms in total. The van der Waals surface area contributed by atoms with Crippen molar-refractivity contribution in [1.29, 1.82) is 0 Å². The van der Waals surface area contributed by atoms with E-state index in [0.717, 1.165) is 31.5 Å². The van der Waals surface area contributed by atoms with Gasteiger partial charge in [-0.25, -0.2) is 0 Å². The van der Waals surface area contributed by atoms with E-state index in [2.05, 4.69) is 10.5 Å². The number of rotatable bonds is 4. The first-order chi connectivity index (χ1) is 10.7. The molecular weight excluding hydrogens is 302 g/mol. The lowest BCUT2D eigenvalue weighted by molar-refractivity contribution is 0.0726. The smallest absolute Gasteiger partial charge is 0.276 e. The van der Waals surface area contributed by atoms with E-state index < -0.39 is 0 Å². The lowest BCUT2D eigenvalue weighted by atomic mass is 10.1. The van der Waals surface area contributed by atoms with E-state index in [1.165, 1.54) is 0 Å². The Kier molecular flexibility index (Phi) is 4.45. The fraction of sp³-hybridized carbons (Fsp3) is 0.375. The zero-order valence-corrected chi connectivity index (χ0v) is 13.1. The minimum absolute atomic E-state index is 0.0743. The Balaban J connectivity index is 1.80. The van der Waals surface area contributed by atoms with Crippen LogP contribution in [0.2, 0.25) is 5.02 Å². The fourth-order valence-corrected chi connectivity index (χ4v) is 3.04. The number of aromatic nitrogens is 1. The molecule has 1 aromatic heterocycles. The molecule has 0 aliphatic carbocycles. The molecule has 3 rings (SSSR count). The zero-order chi connectivity index (χ0) is 15.5. The predicted molar refractivity (Wildman–Crippen MR) is 84.9 cm³/mol. The summed E-state index contributed by atoms with van der Waals surface area (Å²) in [6.45, 7) is 1.56. The Hall–Kier alpha value is -1.85. The van der Waals surface area contributed by atoms with E-state index >= 15 is 0 Å². The maximum Gasteiger partial charge on any atom is 0.276 e. The van der Waals surface area contributed by atoms with E-state index in [-0.39, 0.29) is 11.9 Å². The first-order valence-electron chi connectivity index (χ1n) is 7.37. The molecule has 1 aliphatic heterocycles. The van der Waals surface area contributed by atoms with Crippen molar-refractivity contribution in [2.75, 3.05) is 20.1 Å².